The zero-order valence-electron chi connectivity index (χ0n) is 18.1. The van der Waals surface area contributed by atoms with Gasteiger partial charge >= 0.3 is 5.97 Å². The molecule has 3 atom stereocenters. The fourth-order valence-corrected chi connectivity index (χ4v) is 3.58. The molecule has 1 aliphatic heterocycles. The van der Waals surface area contributed by atoms with Crippen LogP contribution >= 0.6 is 0 Å². The summed E-state index contributed by atoms with van der Waals surface area (Å²) < 4.78 is 5.16. The van der Waals surface area contributed by atoms with E-state index in [4.69, 9.17) is 4.74 Å². The number of rotatable bonds is 11. The summed E-state index contributed by atoms with van der Waals surface area (Å²) in [5.41, 5.74) is -1.21. The van der Waals surface area contributed by atoms with Crippen LogP contribution in [0.2, 0.25) is 0 Å². The fourth-order valence-electron chi connectivity index (χ4n) is 3.58. The molecule has 0 saturated carbocycles. The molecule has 0 aromatic heterocycles. The number of carbonyl (C=O) groups excluding carboxylic acids is 3. The van der Waals surface area contributed by atoms with Gasteiger partial charge in [0.05, 0.1) is 24.7 Å². The number of nitrogens with zero attached hydrogens (tertiary/aromatic N) is 1. The van der Waals surface area contributed by atoms with Crippen LogP contribution < -0.4 is 5.32 Å². The molecule has 1 fully saturated rings. The van der Waals surface area contributed by atoms with Crippen molar-refractivity contribution < 1.29 is 24.2 Å². The minimum absolute atomic E-state index is 0.125. The lowest BCUT2D eigenvalue weighted by molar-refractivity contribution is -0.160. The third-order valence-electron chi connectivity index (χ3n) is 5.62. The summed E-state index contributed by atoms with van der Waals surface area (Å²) in [7, 11) is 0. The molecule has 0 aromatic rings. The second-order valence-electron chi connectivity index (χ2n) is 8.29. The summed E-state index contributed by atoms with van der Waals surface area (Å²) >= 11 is 0. The van der Waals surface area contributed by atoms with E-state index in [2.05, 4.69) is 12.2 Å². The largest absolute Gasteiger partial charge is 0.466 e. The van der Waals surface area contributed by atoms with Gasteiger partial charge in [0.1, 0.15) is 6.04 Å². The van der Waals surface area contributed by atoms with Crippen molar-refractivity contribution in [3.63, 3.8) is 0 Å². The molecule has 0 bridgehead atoms. The van der Waals surface area contributed by atoms with Crippen LogP contribution in [0.5, 0.6) is 0 Å². The number of ether oxygens (including phenoxy) is 1. The Morgan fingerprint density at radius 2 is 1.93 bits per heavy atom. The molecule has 2 amide bonds. The van der Waals surface area contributed by atoms with Gasteiger partial charge in [-0.05, 0) is 40.0 Å². The predicted octanol–water partition coefficient (Wildman–Crippen LogP) is 2.26. The van der Waals surface area contributed by atoms with E-state index in [9.17, 15) is 19.5 Å². The van der Waals surface area contributed by atoms with Gasteiger partial charge in [-0.1, -0.05) is 33.1 Å². The molecule has 0 spiro atoms. The Hall–Kier alpha value is -1.63. The van der Waals surface area contributed by atoms with Gasteiger partial charge in [0.15, 0.2) is 0 Å². The fraction of sp³-hybridized carbons (Fsp3) is 0.857. The highest BCUT2D eigenvalue weighted by Crippen LogP contribution is 2.28. The summed E-state index contributed by atoms with van der Waals surface area (Å²) in [6, 6.07) is -1.30. The Balaban J connectivity index is 3.02. The molecule has 162 valence electrons. The Labute approximate surface area is 169 Å². The summed E-state index contributed by atoms with van der Waals surface area (Å²) in [5.74, 6) is -1.32. The molecule has 0 aliphatic carbocycles. The third-order valence-corrected chi connectivity index (χ3v) is 5.62. The first-order valence-electron chi connectivity index (χ1n) is 10.6. The molecule has 1 unspecified atom stereocenters. The number of esters is 1. The first-order valence-corrected chi connectivity index (χ1v) is 10.6. The van der Waals surface area contributed by atoms with Gasteiger partial charge in [0.2, 0.25) is 11.8 Å². The van der Waals surface area contributed by atoms with Crippen LogP contribution in [0.4, 0.5) is 0 Å². The van der Waals surface area contributed by atoms with Gasteiger partial charge in [-0.15, -0.1) is 0 Å². The molecule has 2 N–H and O–H groups in total. The maximum Gasteiger partial charge on any atom is 0.314 e. The van der Waals surface area contributed by atoms with Crippen molar-refractivity contribution in [1.29, 1.82) is 0 Å². The lowest BCUT2D eigenvalue weighted by Crippen LogP contribution is -2.60. The van der Waals surface area contributed by atoms with Crippen molar-refractivity contribution in [2.45, 2.75) is 85.2 Å². The predicted molar refractivity (Wildman–Crippen MR) is 107 cm³/mol. The van der Waals surface area contributed by atoms with E-state index in [1.54, 1.807) is 25.7 Å². The van der Waals surface area contributed by atoms with E-state index >= 15 is 0 Å². The quantitative estimate of drug-likeness (QED) is 0.411. The van der Waals surface area contributed by atoms with Gasteiger partial charge in [-0.25, -0.2) is 0 Å². The molecule has 1 aliphatic rings. The maximum atomic E-state index is 13.3. The van der Waals surface area contributed by atoms with E-state index in [1.807, 2.05) is 6.92 Å². The third kappa shape index (κ3) is 6.19. The lowest BCUT2D eigenvalue weighted by Gasteiger charge is -2.36. The SMILES string of the molecule is CCCCCC(C)C(=O)N[C@H](C(=O)N1CCC[C@H]1CO)C(C)(C)C(=O)OCC. The first-order chi connectivity index (χ1) is 13.2. The zero-order valence-corrected chi connectivity index (χ0v) is 18.1. The summed E-state index contributed by atoms with van der Waals surface area (Å²) in [6.45, 7) is 9.50. The first kappa shape index (κ1) is 24.4. The zero-order chi connectivity index (χ0) is 21.3. The highest BCUT2D eigenvalue weighted by Gasteiger charge is 2.47. The van der Waals surface area contributed by atoms with Crippen molar-refractivity contribution in [2.24, 2.45) is 11.3 Å². The molecule has 28 heavy (non-hydrogen) atoms. The Morgan fingerprint density at radius 3 is 2.50 bits per heavy atom. The average Bonchev–Trinajstić information content (AvgIpc) is 3.14. The number of unbranched alkanes of at least 4 members (excludes halogenated alkanes) is 2. The van der Waals surface area contributed by atoms with Crippen LogP contribution in [-0.4, -0.2) is 59.6 Å². The number of likely N-dealkylation sites (tertiary alicyclic amines) is 1. The van der Waals surface area contributed by atoms with Crippen LogP contribution in [0.1, 0.15) is 73.1 Å². The van der Waals surface area contributed by atoms with E-state index in [0.29, 0.717) is 6.54 Å². The second-order valence-corrected chi connectivity index (χ2v) is 8.29. The molecule has 1 saturated heterocycles. The number of hydrogen-bond acceptors (Lipinski definition) is 5. The van der Waals surface area contributed by atoms with Crippen molar-refractivity contribution in [2.75, 3.05) is 19.8 Å². The monoisotopic (exact) mass is 398 g/mol. The molecule has 1 rings (SSSR count). The molecular weight excluding hydrogens is 360 g/mol. The van der Waals surface area contributed by atoms with Crippen LogP contribution in [0.3, 0.4) is 0 Å². The second kappa shape index (κ2) is 11.4. The van der Waals surface area contributed by atoms with Crippen molar-refractivity contribution in [1.82, 2.24) is 10.2 Å². The van der Waals surface area contributed by atoms with E-state index in [0.717, 1.165) is 38.5 Å². The average molecular weight is 399 g/mol. The summed E-state index contributed by atoms with van der Waals surface area (Å²) in [4.78, 5) is 40.2. The number of carbonyl (C=O) groups is 3. The highest BCUT2D eigenvalue weighted by molar-refractivity contribution is 5.94. The maximum absolute atomic E-state index is 13.3. The summed E-state index contributed by atoms with van der Waals surface area (Å²) in [5, 5.41) is 12.4. The van der Waals surface area contributed by atoms with E-state index in [-0.39, 0.29) is 37.0 Å². The lowest BCUT2D eigenvalue weighted by atomic mass is 9.82. The van der Waals surface area contributed by atoms with Gasteiger partial charge in [-0.3, -0.25) is 14.4 Å². The standard InChI is InChI=1S/C21H38N2O5/c1-6-8-9-11-15(3)18(25)22-17(21(4,5)20(27)28-7-2)19(26)23-13-10-12-16(23)14-24/h15-17,24H,6-14H2,1-5H3,(H,22,25)/t15?,16-,17+/m0/s1. The molecule has 0 aromatic carbocycles. The normalized spacial score (nSPS) is 19.2. The summed E-state index contributed by atoms with van der Waals surface area (Å²) in [6.07, 6.45) is 5.33. The van der Waals surface area contributed by atoms with Crippen LogP contribution in [0.15, 0.2) is 0 Å². The van der Waals surface area contributed by atoms with Crippen molar-refractivity contribution in [3.8, 4) is 0 Å². The minimum Gasteiger partial charge on any atom is -0.466 e. The number of aliphatic hydroxyl groups excluding tert-OH is 1. The smallest absolute Gasteiger partial charge is 0.314 e. The van der Waals surface area contributed by atoms with Gasteiger partial charge in [0, 0.05) is 12.5 Å². The number of nitrogens with one attached hydrogen (secondary N) is 1. The minimum atomic E-state index is -1.21. The molecule has 7 heteroatoms. The van der Waals surface area contributed by atoms with Gasteiger partial charge in [-0.2, -0.15) is 0 Å². The van der Waals surface area contributed by atoms with Crippen molar-refractivity contribution >= 4 is 17.8 Å². The van der Waals surface area contributed by atoms with E-state index in [1.165, 1.54) is 0 Å². The van der Waals surface area contributed by atoms with Crippen LogP contribution in [0, 0.1) is 11.3 Å². The van der Waals surface area contributed by atoms with Gasteiger partial charge < -0.3 is 20.1 Å². The number of aliphatic hydroxyl groups is 1. The number of hydrogen-bond donors (Lipinski definition) is 2. The molecule has 7 nitrogen and oxygen atoms in total. The van der Waals surface area contributed by atoms with E-state index < -0.39 is 17.4 Å². The molecular formula is C21H38N2O5. The molecule has 0 radical (unpaired) electrons. The Morgan fingerprint density at radius 1 is 1.25 bits per heavy atom. The Kier molecular flexibility index (Phi) is 9.93. The van der Waals surface area contributed by atoms with Crippen molar-refractivity contribution in [3.05, 3.63) is 0 Å². The number of amides is 2. The van der Waals surface area contributed by atoms with Gasteiger partial charge in [0.25, 0.3) is 0 Å². The molecule has 1 heterocycles. The Bertz CT molecular complexity index is 535. The topological polar surface area (TPSA) is 95.9 Å². The van der Waals surface area contributed by atoms with Crippen LogP contribution in [-0.2, 0) is 19.1 Å². The highest BCUT2D eigenvalue weighted by atomic mass is 16.5. The van der Waals surface area contributed by atoms with Crippen LogP contribution in [0.25, 0.3) is 0 Å².